The second kappa shape index (κ2) is 5.15. The van der Waals surface area contributed by atoms with Crippen LogP contribution in [-0.4, -0.2) is 29.0 Å². The van der Waals surface area contributed by atoms with Gasteiger partial charge >= 0.3 is 0 Å². The minimum absolute atomic E-state index is 0.618. The van der Waals surface area contributed by atoms with Gasteiger partial charge in [0.1, 0.15) is 0 Å². The molecule has 16 heavy (non-hydrogen) atoms. The number of aromatic nitrogens is 1. The molecule has 0 aromatic carbocycles. The molecule has 0 spiro atoms. The Balaban J connectivity index is 1.96. The number of hydrogen-bond acceptors (Lipinski definition) is 2. The van der Waals surface area contributed by atoms with Crippen molar-refractivity contribution in [2.45, 2.75) is 38.6 Å². The fraction of sp³-hybridized carbons (Fsp3) is 0.615. The zero-order valence-electron chi connectivity index (χ0n) is 9.99. The molecule has 2 nitrogen and oxygen atoms in total. The molecule has 1 aromatic rings. The van der Waals surface area contributed by atoms with E-state index in [4.69, 9.17) is 11.6 Å². The average molecular weight is 239 g/mol. The van der Waals surface area contributed by atoms with Crippen molar-refractivity contribution in [3.8, 4) is 0 Å². The molecule has 0 N–H and O–H groups in total. The smallest absolute Gasteiger partial charge is 0.0589 e. The molecule has 2 rings (SSSR count). The normalized spacial score (nSPS) is 19.2. The quantitative estimate of drug-likeness (QED) is 0.786. The summed E-state index contributed by atoms with van der Waals surface area (Å²) >= 11 is 5.84. The van der Waals surface area contributed by atoms with Gasteiger partial charge in [-0.25, -0.2) is 0 Å². The highest BCUT2D eigenvalue weighted by molar-refractivity contribution is 6.30. The summed E-state index contributed by atoms with van der Waals surface area (Å²) in [6.07, 6.45) is 4.19. The van der Waals surface area contributed by atoms with Crippen LogP contribution in [0.3, 0.4) is 0 Å². The molecule has 1 aliphatic rings. The van der Waals surface area contributed by atoms with Gasteiger partial charge in [-0.2, -0.15) is 0 Å². The van der Waals surface area contributed by atoms with Gasteiger partial charge in [0.25, 0.3) is 0 Å². The van der Waals surface area contributed by atoms with Gasteiger partial charge < -0.3 is 4.90 Å². The molecule has 2 heterocycles. The number of nitrogens with zero attached hydrogens (tertiary/aromatic N) is 2. The third-order valence-electron chi connectivity index (χ3n) is 3.43. The molecule has 0 atom stereocenters. The molecular formula is C13H19ClN2. The summed E-state index contributed by atoms with van der Waals surface area (Å²) in [6, 6.07) is 4.68. The van der Waals surface area contributed by atoms with Gasteiger partial charge in [0.15, 0.2) is 0 Å². The largest absolute Gasteiger partial charge is 0.301 e. The Morgan fingerprint density at radius 3 is 2.50 bits per heavy atom. The van der Waals surface area contributed by atoms with Crippen molar-refractivity contribution >= 4 is 11.6 Å². The molecule has 1 aliphatic heterocycles. The van der Waals surface area contributed by atoms with E-state index in [1.165, 1.54) is 31.6 Å². The Bertz CT molecular complexity index is 326. The number of rotatable bonds is 2. The first-order chi connectivity index (χ1) is 7.66. The van der Waals surface area contributed by atoms with E-state index in [0.29, 0.717) is 12.0 Å². The molecule has 0 bridgehead atoms. The summed E-state index contributed by atoms with van der Waals surface area (Å²) in [7, 11) is 0. The van der Waals surface area contributed by atoms with E-state index in [9.17, 15) is 0 Å². The first kappa shape index (κ1) is 11.9. The van der Waals surface area contributed by atoms with Crippen molar-refractivity contribution in [3.63, 3.8) is 0 Å². The summed E-state index contributed by atoms with van der Waals surface area (Å²) in [6.45, 7) is 6.90. The first-order valence-electron chi connectivity index (χ1n) is 6.02. The van der Waals surface area contributed by atoms with Crippen LogP contribution in [-0.2, 0) is 0 Å². The molecule has 1 saturated heterocycles. The van der Waals surface area contributed by atoms with Gasteiger partial charge in [-0.05, 0) is 51.9 Å². The molecule has 0 saturated carbocycles. The van der Waals surface area contributed by atoms with Gasteiger partial charge in [0, 0.05) is 23.9 Å². The molecule has 1 aromatic heterocycles. The van der Waals surface area contributed by atoms with Crippen LogP contribution in [0.15, 0.2) is 18.3 Å². The van der Waals surface area contributed by atoms with Crippen molar-refractivity contribution in [3.05, 3.63) is 29.0 Å². The lowest BCUT2D eigenvalue weighted by Crippen LogP contribution is -2.37. The first-order valence-corrected chi connectivity index (χ1v) is 6.40. The van der Waals surface area contributed by atoms with E-state index >= 15 is 0 Å². The van der Waals surface area contributed by atoms with Gasteiger partial charge in [-0.15, -0.1) is 0 Å². The maximum atomic E-state index is 5.84. The van der Waals surface area contributed by atoms with Crippen LogP contribution in [0, 0.1) is 0 Å². The average Bonchev–Trinajstić information content (AvgIpc) is 2.30. The number of piperidine rings is 1. The minimum Gasteiger partial charge on any atom is -0.301 e. The van der Waals surface area contributed by atoms with Crippen LogP contribution in [0.2, 0.25) is 5.02 Å². The standard InChI is InChI=1S/C13H19ClN2/c1-10(2)16-7-5-11(6-8-16)13-4-3-12(14)9-15-13/h3-4,9-11H,5-8H2,1-2H3. The van der Waals surface area contributed by atoms with Crippen LogP contribution < -0.4 is 0 Å². The van der Waals surface area contributed by atoms with Gasteiger partial charge in [-0.3, -0.25) is 4.98 Å². The Morgan fingerprint density at radius 2 is 2.00 bits per heavy atom. The lowest BCUT2D eigenvalue weighted by molar-refractivity contribution is 0.171. The van der Waals surface area contributed by atoms with Crippen LogP contribution in [0.1, 0.15) is 38.3 Å². The van der Waals surface area contributed by atoms with Crippen molar-refractivity contribution in [1.29, 1.82) is 0 Å². The zero-order valence-corrected chi connectivity index (χ0v) is 10.7. The van der Waals surface area contributed by atoms with Gasteiger partial charge in [0.05, 0.1) is 5.02 Å². The van der Waals surface area contributed by atoms with E-state index in [1.54, 1.807) is 6.20 Å². The summed E-state index contributed by atoms with van der Waals surface area (Å²) in [5, 5.41) is 0.725. The summed E-state index contributed by atoms with van der Waals surface area (Å²) in [5.41, 5.74) is 1.20. The van der Waals surface area contributed by atoms with E-state index < -0.39 is 0 Å². The maximum Gasteiger partial charge on any atom is 0.0589 e. The van der Waals surface area contributed by atoms with Crippen LogP contribution >= 0.6 is 11.6 Å². The topological polar surface area (TPSA) is 16.1 Å². The third-order valence-corrected chi connectivity index (χ3v) is 3.65. The van der Waals surface area contributed by atoms with Crippen molar-refractivity contribution < 1.29 is 0 Å². The van der Waals surface area contributed by atoms with Crippen LogP contribution in [0.4, 0.5) is 0 Å². The molecule has 1 fully saturated rings. The maximum absolute atomic E-state index is 5.84. The number of pyridine rings is 1. The SMILES string of the molecule is CC(C)N1CCC(c2ccc(Cl)cn2)CC1. The number of hydrogen-bond donors (Lipinski definition) is 0. The molecule has 88 valence electrons. The second-order valence-corrected chi connectivity index (χ2v) is 5.24. The summed E-state index contributed by atoms with van der Waals surface area (Å²) in [4.78, 5) is 6.96. The number of likely N-dealkylation sites (tertiary alicyclic amines) is 1. The highest BCUT2D eigenvalue weighted by Gasteiger charge is 2.22. The molecule has 3 heteroatoms. The van der Waals surface area contributed by atoms with Crippen molar-refractivity contribution in [2.24, 2.45) is 0 Å². The summed E-state index contributed by atoms with van der Waals surface area (Å²) in [5.74, 6) is 0.618. The lowest BCUT2D eigenvalue weighted by atomic mass is 9.92. The van der Waals surface area contributed by atoms with Crippen molar-refractivity contribution in [1.82, 2.24) is 9.88 Å². The number of halogens is 1. The Labute approximate surface area is 103 Å². The molecule has 0 aliphatic carbocycles. The molecule has 0 amide bonds. The monoisotopic (exact) mass is 238 g/mol. The van der Waals surface area contributed by atoms with Gasteiger partial charge in [-0.1, -0.05) is 11.6 Å². The zero-order chi connectivity index (χ0) is 11.5. The fourth-order valence-electron chi connectivity index (χ4n) is 2.34. The minimum atomic E-state index is 0.618. The summed E-state index contributed by atoms with van der Waals surface area (Å²) < 4.78 is 0. The molecule has 0 unspecified atom stereocenters. The van der Waals surface area contributed by atoms with Crippen LogP contribution in [0.5, 0.6) is 0 Å². The predicted molar refractivity (Wildman–Crippen MR) is 67.9 cm³/mol. The molecular weight excluding hydrogens is 220 g/mol. The van der Waals surface area contributed by atoms with E-state index in [0.717, 1.165) is 5.02 Å². The molecule has 0 radical (unpaired) electrons. The van der Waals surface area contributed by atoms with Gasteiger partial charge in [0.2, 0.25) is 0 Å². The Kier molecular flexibility index (Phi) is 3.82. The Hall–Kier alpha value is -0.600. The lowest BCUT2D eigenvalue weighted by Gasteiger charge is -2.34. The predicted octanol–water partition coefficient (Wildman–Crippen LogP) is 3.32. The van der Waals surface area contributed by atoms with Crippen LogP contribution in [0.25, 0.3) is 0 Å². The second-order valence-electron chi connectivity index (χ2n) is 4.81. The Morgan fingerprint density at radius 1 is 1.31 bits per heavy atom. The fourth-order valence-corrected chi connectivity index (χ4v) is 2.45. The van der Waals surface area contributed by atoms with E-state index in [2.05, 4.69) is 29.8 Å². The third kappa shape index (κ3) is 2.74. The highest BCUT2D eigenvalue weighted by Crippen LogP contribution is 2.27. The highest BCUT2D eigenvalue weighted by atomic mass is 35.5. The van der Waals surface area contributed by atoms with E-state index in [1.807, 2.05) is 6.07 Å². The van der Waals surface area contributed by atoms with E-state index in [-0.39, 0.29) is 0 Å². The van der Waals surface area contributed by atoms with Crippen molar-refractivity contribution in [2.75, 3.05) is 13.1 Å².